The van der Waals surface area contributed by atoms with E-state index in [0.717, 1.165) is 16.2 Å². The molecular weight excluding hydrogens is 731 g/mol. The summed E-state index contributed by atoms with van der Waals surface area (Å²) in [6.07, 6.45) is 0. The number of nitrogens with one attached hydrogen (secondary N) is 3. The number of fused-ring (bicyclic) bond motifs is 2. The van der Waals surface area contributed by atoms with Gasteiger partial charge < -0.3 is 21.0 Å². The van der Waals surface area contributed by atoms with Crippen molar-refractivity contribution >= 4 is 81.1 Å². The molecule has 0 unspecified atom stereocenters. The highest BCUT2D eigenvalue weighted by Gasteiger charge is 2.54. The molecule has 4 aromatic rings. The maximum absolute atomic E-state index is 13.5. The lowest BCUT2D eigenvalue weighted by atomic mass is 10.0. The van der Waals surface area contributed by atoms with Crippen molar-refractivity contribution in [2.24, 2.45) is 5.16 Å². The standard InChI is InChI=1S/C28H25N11O9S3/c1-11-6-16(39-28(30-11)33-20(34-39)23(42)36-47)49-8-14-9-50-25-18(24(43)38(25)19(14)26(44)45)32-22(41)17(15-10-51-27(29)31-15)37-48-7-12-2-4-13(5-3-12)21(40)35-46/h2-6,10,18,25,46-47H,7-9H2,1H3,(H2,29,31)(H,32,41)(H,35,40)(H,36,42)(H,44,45)/t18-,25-/m1/s1. The zero-order chi connectivity index (χ0) is 36.4. The lowest BCUT2D eigenvalue weighted by molar-refractivity contribution is -0.150. The van der Waals surface area contributed by atoms with Gasteiger partial charge in [0.25, 0.3) is 23.5 Å². The molecule has 0 bridgehead atoms. The van der Waals surface area contributed by atoms with E-state index in [1.165, 1.54) is 56.5 Å². The average molecular weight is 756 g/mol. The fraction of sp³-hybridized carbons (Fsp3) is 0.214. The van der Waals surface area contributed by atoms with Crippen LogP contribution < -0.4 is 22.0 Å². The van der Waals surface area contributed by atoms with E-state index < -0.39 is 41.0 Å². The topological polar surface area (TPSA) is 289 Å². The highest BCUT2D eigenvalue weighted by atomic mass is 32.2. The minimum atomic E-state index is -1.33. The van der Waals surface area contributed by atoms with Crippen LogP contribution in [0.5, 0.6) is 0 Å². The number of hydrogen-bond acceptors (Lipinski definition) is 17. The summed E-state index contributed by atoms with van der Waals surface area (Å²) in [4.78, 5) is 81.6. The number of nitrogens with two attached hydrogens (primary N) is 1. The van der Waals surface area contributed by atoms with Gasteiger partial charge in [0, 0.05) is 28.1 Å². The molecule has 8 N–H and O–H groups in total. The Morgan fingerprint density at radius 2 is 1.86 bits per heavy atom. The van der Waals surface area contributed by atoms with Crippen LogP contribution in [0.2, 0.25) is 0 Å². The summed E-state index contributed by atoms with van der Waals surface area (Å²) in [7, 11) is 0. The molecule has 2 aliphatic heterocycles. The smallest absolute Gasteiger partial charge is 0.352 e. The summed E-state index contributed by atoms with van der Waals surface area (Å²) in [5.74, 6) is -4.30. The number of rotatable bonds is 12. The number of carbonyl (C=O) groups is 5. The summed E-state index contributed by atoms with van der Waals surface area (Å²) in [5, 5.41) is 39.9. The van der Waals surface area contributed by atoms with E-state index in [0.29, 0.717) is 21.9 Å². The van der Waals surface area contributed by atoms with Crippen LogP contribution >= 0.6 is 34.9 Å². The molecule has 264 valence electrons. The van der Waals surface area contributed by atoms with Crippen molar-refractivity contribution in [1.82, 2.24) is 45.7 Å². The number of aromatic nitrogens is 5. The van der Waals surface area contributed by atoms with Gasteiger partial charge in [-0.05, 0) is 36.3 Å². The van der Waals surface area contributed by atoms with Gasteiger partial charge >= 0.3 is 11.9 Å². The molecule has 0 aliphatic carbocycles. The van der Waals surface area contributed by atoms with Crippen LogP contribution in [-0.4, -0.2) is 103 Å². The Labute approximate surface area is 298 Å². The Kier molecular flexibility index (Phi) is 10.1. The second kappa shape index (κ2) is 14.7. The SMILES string of the molecule is Cc1cc(SCC2=C(C(=O)O)N3C(=O)[C@@H](NC(=O)C(=NOCc4ccc(C(=O)NO)cc4)c4csc(N)n4)[C@H]3SC2)n2nc(C(=O)NO)nc2n1. The Balaban J connectivity index is 1.16. The number of thiazole rings is 1. The maximum atomic E-state index is 13.5. The first-order chi connectivity index (χ1) is 24.5. The van der Waals surface area contributed by atoms with Gasteiger partial charge in [0.15, 0.2) is 10.8 Å². The molecule has 2 atom stereocenters. The van der Waals surface area contributed by atoms with E-state index >= 15 is 0 Å². The number of carboxylic acids is 1. The first-order valence-corrected chi connectivity index (χ1v) is 17.4. The fourth-order valence-corrected chi connectivity index (χ4v) is 8.04. The van der Waals surface area contributed by atoms with E-state index in [-0.39, 0.29) is 57.5 Å². The van der Waals surface area contributed by atoms with Crippen LogP contribution in [0.25, 0.3) is 5.78 Å². The first kappa shape index (κ1) is 35.2. The Morgan fingerprint density at radius 3 is 2.53 bits per heavy atom. The van der Waals surface area contributed by atoms with Crippen molar-refractivity contribution in [2.45, 2.75) is 30.0 Å². The zero-order valence-corrected chi connectivity index (χ0v) is 28.4. The van der Waals surface area contributed by atoms with Gasteiger partial charge in [0.05, 0.1) is 0 Å². The van der Waals surface area contributed by atoms with Gasteiger partial charge in [-0.1, -0.05) is 17.3 Å². The maximum Gasteiger partial charge on any atom is 0.352 e. The summed E-state index contributed by atoms with van der Waals surface area (Å²) in [5.41, 5.74) is 10.1. The Morgan fingerprint density at radius 1 is 1.12 bits per heavy atom. The molecule has 23 heteroatoms. The van der Waals surface area contributed by atoms with Crippen LogP contribution in [-0.2, 0) is 25.8 Å². The molecule has 20 nitrogen and oxygen atoms in total. The largest absolute Gasteiger partial charge is 0.477 e. The van der Waals surface area contributed by atoms with Crippen LogP contribution in [0, 0.1) is 6.92 Å². The van der Waals surface area contributed by atoms with Crippen molar-refractivity contribution in [1.29, 1.82) is 0 Å². The quantitative estimate of drug-likeness (QED) is 0.0253. The highest BCUT2D eigenvalue weighted by molar-refractivity contribution is 8.01. The van der Waals surface area contributed by atoms with Crippen LogP contribution in [0.15, 0.2) is 57.2 Å². The number of benzene rings is 1. The monoisotopic (exact) mass is 755 g/mol. The molecule has 0 radical (unpaired) electrons. The van der Waals surface area contributed by atoms with Crippen LogP contribution in [0.1, 0.15) is 37.9 Å². The number of aryl methyl sites for hydroxylation is 1. The van der Waals surface area contributed by atoms with Crippen molar-refractivity contribution in [3.8, 4) is 0 Å². The molecule has 6 rings (SSSR count). The van der Waals surface area contributed by atoms with Gasteiger partial charge in [-0.3, -0.25) is 34.5 Å². The molecule has 2 aliphatic rings. The number of nitrogens with zero attached hydrogens (tertiary/aromatic N) is 7. The van der Waals surface area contributed by atoms with Crippen molar-refractivity contribution in [3.63, 3.8) is 0 Å². The van der Waals surface area contributed by atoms with Crippen molar-refractivity contribution in [3.05, 3.63) is 75.3 Å². The number of aliphatic carboxylic acids is 1. The van der Waals surface area contributed by atoms with Crippen molar-refractivity contribution in [2.75, 3.05) is 17.2 Å². The third kappa shape index (κ3) is 7.18. The fourth-order valence-electron chi connectivity index (χ4n) is 4.96. The summed E-state index contributed by atoms with van der Waals surface area (Å²) >= 11 is 3.50. The normalized spacial score (nSPS) is 17.1. The minimum Gasteiger partial charge on any atom is -0.477 e. The number of β-lactam (4-membered cyclic amide) rings is 1. The van der Waals surface area contributed by atoms with Crippen LogP contribution in [0.4, 0.5) is 5.13 Å². The number of thioether (sulfide) groups is 2. The minimum absolute atomic E-state index is 0.0901. The number of amides is 4. The molecule has 5 heterocycles. The van der Waals surface area contributed by atoms with Gasteiger partial charge in [0.1, 0.15) is 34.4 Å². The van der Waals surface area contributed by atoms with Gasteiger partial charge in [-0.15, -0.1) is 40.0 Å². The van der Waals surface area contributed by atoms with E-state index in [4.69, 9.17) is 21.0 Å². The number of carbonyl (C=O) groups excluding carboxylic acids is 4. The Hall–Kier alpha value is -5.62. The van der Waals surface area contributed by atoms with Gasteiger partial charge in [0.2, 0.25) is 5.82 Å². The molecule has 1 aromatic carbocycles. The molecular formula is C28H25N11O9S3. The molecule has 1 fully saturated rings. The average Bonchev–Trinajstić information content (AvgIpc) is 3.76. The predicted molar refractivity (Wildman–Crippen MR) is 179 cm³/mol. The highest BCUT2D eigenvalue weighted by Crippen LogP contribution is 2.41. The van der Waals surface area contributed by atoms with Gasteiger partial charge in [-0.25, -0.2) is 25.7 Å². The van der Waals surface area contributed by atoms with E-state index in [9.17, 15) is 29.1 Å². The summed E-state index contributed by atoms with van der Waals surface area (Å²) in [6.45, 7) is 1.59. The second-order valence-corrected chi connectivity index (χ2v) is 13.6. The lowest BCUT2D eigenvalue weighted by Gasteiger charge is -2.49. The number of anilines is 1. The lowest BCUT2D eigenvalue weighted by Crippen LogP contribution is -2.71. The van der Waals surface area contributed by atoms with Gasteiger partial charge in [-0.2, -0.15) is 9.50 Å². The first-order valence-electron chi connectivity index (χ1n) is 14.5. The molecule has 1 saturated heterocycles. The molecule has 0 spiro atoms. The third-order valence-electron chi connectivity index (χ3n) is 7.33. The third-order valence-corrected chi connectivity index (χ3v) is 10.4. The zero-order valence-electron chi connectivity index (χ0n) is 26.0. The van der Waals surface area contributed by atoms with E-state index in [1.54, 1.807) is 25.1 Å². The molecule has 0 saturated carbocycles. The predicted octanol–water partition coefficient (Wildman–Crippen LogP) is 0.161. The number of hydrogen-bond donors (Lipinski definition) is 7. The second-order valence-electron chi connectivity index (χ2n) is 10.7. The molecule has 51 heavy (non-hydrogen) atoms. The summed E-state index contributed by atoms with van der Waals surface area (Å²) in [6, 6.07) is 6.60. The number of hydroxylamine groups is 2. The summed E-state index contributed by atoms with van der Waals surface area (Å²) < 4.78 is 1.29. The van der Waals surface area contributed by atoms with Crippen molar-refractivity contribution < 1.29 is 44.3 Å². The molecule has 3 aromatic heterocycles. The molecule has 4 amide bonds. The Bertz CT molecular complexity index is 2130. The number of nitrogen functional groups attached to an aromatic ring is 1. The van der Waals surface area contributed by atoms with Crippen LogP contribution in [0.3, 0.4) is 0 Å². The van der Waals surface area contributed by atoms with E-state index in [2.05, 4.69) is 30.5 Å². The number of oxime groups is 1. The number of carboxylic acid groups (broad SMARTS) is 1. The van der Waals surface area contributed by atoms with E-state index in [1.807, 2.05) is 0 Å².